The number of methoxy groups -OCH3 is 1. The fraction of sp³-hybridized carbons (Fsp3) is 0.500. The molecule has 0 aromatic heterocycles. The third-order valence-electron chi connectivity index (χ3n) is 6.44. The Labute approximate surface area is 215 Å². The molecule has 2 saturated heterocycles. The van der Waals surface area contributed by atoms with Crippen molar-refractivity contribution < 1.29 is 9.47 Å². The molecule has 1 N–H and O–H groups in total. The minimum atomic E-state index is 0. The highest BCUT2D eigenvalue weighted by Crippen LogP contribution is 2.28. The SMILES string of the molecule is CCNC(=NCC1CCN(c2cccc(OC)c2)C1)N1CCOC(c2ccccc2C)C1.I. The van der Waals surface area contributed by atoms with E-state index in [-0.39, 0.29) is 30.1 Å². The molecule has 2 aliphatic heterocycles. The lowest BCUT2D eigenvalue weighted by atomic mass is 10.0. The van der Waals surface area contributed by atoms with Gasteiger partial charge in [-0.1, -0.05) is 30.3 Å². The molecule has 0 spiro atoms. The molecular formula is C26H37IN4O2. The summed E-state index contributed by atoms with van der Waals surface area (Å²) in [5.74, 6) is 2.48. The van der Waals surface area contributed by atoms with Crippen LogP contribution in [0.25, 0.3) is 0 Å². The number of guanidine groups is 1. The third-order valence-corrected chi connectivity index (χ3v) is 6.44. The van der Waals surface area contributed by atoms with Crippen LogP contribution in [-0.2, 0) is 4.74 Å². The van der Waals surface area contributed by atoms with Crippen molar-refractivity contribution in [2.45, 2.75) is 26.4 Å². The van der Waals surface area contributed by atoms with Gasteiger partial charge in [0.25, 0.3) is 0 Å². The van der Waals surface area contributed by atoms with E-state index in [4.69, 9.17) is 14.5 Å². The topological polar surface area (TPSA) is 49.3 Å². The molecule has 0 saturated carbocycles. The number of nitrogens with one attached hydrogen (secondary N) is 1. The van der Waals surface area contributed by atoms with E-state index < -0.39 is 0 Å². The van der Waals surface area contributed by atoms with Gasteiger partial charge in [0.05, 0.1) is 20.3 Å². The number of hydrogen-bond acceptors (Lipinski definition) is 4. The average molecular weight is 565 g/mol. The first-order valence-corrected chi connectivity index (χ1v) is 11.8. The van der Waals surface area contributed by atoms with Gasteiger partial charge in [-0.2, -0.15) is 0 Å². The van der Waals surface area contributed by atoms with Crippen molar-refractivity contribution in [2.75, 3.05) is 57.9 Å². The predicted molar refractivity (Wildman–Crippen MR) is 146 cm³/mol. The summed E-state index contributed by atoms with van der Waals surface area (Å²) in [4.78, 5) is 9.86. The highest BCUT2D eigenvalue weighted by Gasteiger charge is 2.26. The summed E-state index contributed by atoms with van der Waals surface area (Å²) in [7, 11) is 1.72. The molecule has 2 atom stereocenters. The van der Waals surface area contributed by atoms with Crippen molar-refractivity contribution in [1.29, 1.82) is 0 Å². The first-order valence-electron chi connectivity index (χ1n) is 11.8. The molecule has 0 amide bonds. The van der Waals surface area contributed by atoms with Gasteiger partial charge < -0.3 is 24.6 Å². The Morgan fingerprint density at radius 1 is 1.15 bits per heavy atom. The second-order valence-corrected chi connectivity index (χ2v) is 8.66. The Bertz CT molecular complexity index is 923. The lowest BCUT2D eigenvalue weighted by molar-refractivity contribution is -0.00834. The predicted octanol–water partition coefficient (Wildman–Crippen LogP) is 4.49. The summed E-state index contributed by atoms with van der Waals surface area (Å²) < 4.78 is 11.5. The van der Waals surface area contributed by atoms with Gasteiger partial charge >= 0.3 is 0 Å². The number of hydrogen-bond donors (Lipinski definition) is 1. The number of halogens is 1. The monoisotopic (exact) mass is 564 g/mol. The van der Waals surface area contributed by atoms with E-state index >= 15 is 0 Å². The first kappa shape index (κ1) is 25.6. The summed E-state index contributed by atoms with van der Waals surface area (Å²) in [5, 5.41) is 3.51. The molecule has 2 aromatic carbocycles. The van der Waals surface area contributed by atoms with Crippen LogP contribution in [0.2, 0.25) is 0 Å². The van der Waals surface area contributed by atoms with E-state index in [1.807, 2.05) is 6.07 Å². The zero-order valence-electron chi connectivity index (χ0n) is 20.0. The van der Waals surface area contributed by atoms with E-state index in [1.54, 1.807) is 7.11 Å². The molecule has 180 valence electrons. The lowest BCUT2D eigenvalue weighted by Gasteiger charge is -2.36. The molecule has 2 aromatic rings. The van der Waals surface area contributed by atoms with E-state index in [9.17, 15) is 0 Å². The molecular weight excluding hydrogens is 527 g/mol. The van der Waals surface area contributed by atoms with E-state index in [1.165, 1.54) is 16.8 Å². The van der Waals surface area contributed by atoms with Crippen LogP contribution in [-0.4, -0.2) is 63.8 Å². The van der Waals surface area contributed by atoms with Crippen molar-refractivity contribution in [3.63, 3.8) is 0 Å². The highest BCUT2D eigenvalue weighted by atomic mass is 127. The van der Waals surface area contributed by atoms with Gasteiger partial charge in [-0.3, -0.25) is 4.99 Å². The van der Waals surface area contributed by atoms with Crippen LogP contribution in [0.1, 0.15) is 30.6 Å². The second-order valence-electron chi connectivity index (χ2n) is 8.66. The number of ether oxygens (including phenoxy) is 2. The van der Waals surface area contributed by atoms with Crippen molar-refractivity contribution in [3.05, 3.63) is 59.7 Å². The summed E-state index contributed by atoms with van der Waals surface area (Å²) in [6.45, 7) is 10.5. The summed E-state index contributed by atoms with van der Waals surface area (Å²) in [5.41, 5.74) is 3.79. The minimum absolute atomic E-state index is 0. The maximum Gasteiger partial charge on any atom is 0.194 e. The molecule has 0 radical (unpaired) electrons. The maximum absolute atomic E-state index is 6.12. The quantitative estimate of drug-likeness (QED) is 0.319. The number of anilines is 1. The molecule has 2 aliphatic rings. The third kappa shape index (κ3) is 6.53. The van der Waals surface area contributed by atoms with Gasteiger partial charge in [0.2, 0.25) is 0 Å². The van der Waals surface area contributed by atoms with E-state index in [0.29, 0.717) is 5.92 Å². The van der Waals surface area contributed by atoms with Crippen molar-refractivity contribution in [3.8, 4) is 5.75 Å². The normalized spacial score (nSPS) is 21.0. The molecule has 7 heteroatoms. The van der Waals surface area contributed by atoms with Crippen molar-refractivity contribution >= 4 is 35.6 Å². The molecule has 33 heavy (non-hydrogen) atoms. The minimum Gasteiger partial charge on any atom is -0.497 e. The molecule has 0 aliphatic carbocycles. The number of aryl methyl sites for hydroxylation is 1. The maximum atomic E-state index is 6.12. The standard InChI is InChI=1S/C26H36N4O2.HI/c1-4-27-26(30-14-15-32-25(19-30)24-11-6-5-8-20(24)2)28-17-21-12-13-29(18-21)22-9-7-10-23(16-22)31-3;/h5-11,16,21,25H,4,12-15,17-19H2,1-3H3,(H,27,28);1H. The number of nitrogens with zero attached hydrogens (tertiary/aromatic N) is 3. The Kier molecular flexibility index (Phi) is 9.67. The summed E-state index contributed by atoms with van der Waals surface area (Å²) in [6.07, 6.45) is 1.25. The van der Waals surface area contributed by atoms with Crippen LogP contribution >= 0.6 is 24.0 Å². The second kappa shape index (κ2) is 12.5. The Balaban J connectivity index is 0.00000306. The molecule has 2 unspecified atom stereocenters. The first-order chi connectivity index (χ1) is 15.7. The Hall–Kier alpha value is -2.00. The zero-order valence-corrected chi connectivity index (χ0v) is 22.3. The lowest BCUT2D eigenvalue weighted by Crippen LogP contribution is -2.48. The van der Waals surface area contributed by atoms with Gasteiger partial charge in [-0.15, -0.1) is 24.0 Å². The van der Waals surface area contributed by atoms with Crippen LogP contribution in [0.5, 0.6) is 5.75 Å². The van der Waals surface area contributed by atoms with Gasteiger partial charge in [0, 0.05) is 44.5 Å². The van der Waals surface area contributed by atoms with Crippen LogP contribution < -0.4 is 15.0 Å². The van der Waals surface area contributed by atoms with Crippen LogP contribution in [0.15, 0.2) is 53.5 Å². The molecule has 0 bridgehead atoms. The molecule has 6 nitrogen and oxygen atoms in total. The van der Waals surface area contributed by atoms with Gasteiger partial charge in [-0.25, -0.2) is 0 Å². The van der Waals surface area contributed by atoms with E-state index in [2.05, 4.69) is 71.4 Å². The average Bonchev–Trinajstić information content (AvgIpc) is 3.31. The molecule has 2 heterocycles. The van der Waals surface area contributed by atoms with E-state index in [0.717, 1.165) is 64.0 Å². The van der Waals surface area contributed by atoms with Gasteiger partial charge in [-0.05, 0) is 49.4 Å². The Morgan fingerprint density at radius 3 is 2.79 bits per heavy atom. The van der Waals surface area contributed by atoms with Crippen LogP contribution in [0.3, 0.4) is 0 Å². The van der Waals surface area contributed by atoms with Crippen molar-refractivity contribution in [1.82, 2.24) is 10.2 Å². The molecule has 2 fully saturated rings. The summed E-state index contributed by atoms with van der Waals surface area (Å²) in [6, 6.07) is 16.9. The fourth-order valence-electron chi connectivity index (χ4n) is 4.64. The summed E-state index contributed by atoms with van der Waals surface area (Å²) >= 11 is 0. The Morgan fingerprint density at radius 2 is 2.00 bits per heavy atom. The van der Waals surface area contributed by atoms with Gasteiger partial charge in [0.1, 0.15) is 11.9 Å². The zero-order chi connectivity index (χ0) is 22.3. The number of benzene rings is 2. The van der Waals surface area contributed by atoms with Crippen LogP contribution in [0, 0.1) is 12.8 Å². The fourth-order valence-corrected chi connectivity index (χ4v) is 4.64. The van der Waals surface area contributed by atoms with Crippen molar-refractivity contribution in [2.24, 2.45) is 10.9 Å². The number of aliphatic imine (C=N–C) groups is 1. The number of morpholine rings is 1. The highest BCUT2D eigenvalue weighted by molar-refractivity contribution is 14.0. The smallest absolute Gasteiger partial charge is 0.194 e. The van der Waals surface area contributed by atoms with Crippen LogP contribution in [0.4, 0.5) is 5.69 Å². The number of rotatable bonds is 6. The molecule has 4 rings (SSSR count). The van der Waals surface area contributed by atoms with Gasteiger partial charge in [0.15, 0.2) is 5.96 Å². The largest absolute Gasteiger partial charge is 0.497 e.